The van der Waals surface area contributed by atoms with E-state index in [2.05, 4.69) is 10.6 Å². The Bertz CT molecular complexity index is 799. The van der Waals surface area contributed by atoms with Gasteiger partial charge in [-0.15, -0.1) is 0 Å². The third-order valence-corrected chi connectivity index (χ3v) is 3.77. The standard InChI is InChI=1S/C14H9Cl2N3O3S/c15-10-5-2-6-11(12(10)16)17-14(23)18-13(20)8-3-1-4-9(7-8)19(21)22/h1-7H,(H2,17,18,20,23). The molecule has 2 N–H and O–H groups in total. The summed E-state index contributed by atoms with van der Waals surface area (Å²) in [5.41, 5.74) is 0.360. The lowest BCUT2D eigenvalue weighted by Gasteiger charge is -2.11. The molecule has 9 heteroatoms. The van der Waals surface area contributed by atoms with Crippen LogP contribution in [0.3, 0.4) is 0 Å². The van der Waals surface area contributed by atoms with Gasteiger partial charge in [0.1, 0.15) is 0 Å². The molecule has 0 atom stereocenters. The molecule has 2 rings (SSSR count). The van der Waals surface area contributed by atoms with E-state index in [1.54, 1.807) is 18.2 Å². The Kier molecular flexibility index (Phi) is 5.49. The van der Waals surface area contributed by atoms with Gasteiger partial charge in [-0.2, -0.15) is 0 Å². The van der Waals surface area contributed by atoms with Crippen molar-refractivity contribution in [2.24, 2.45) is 0 Å². The quantitative estimate of drug-likeness (QED) is 0.484. The molecule has 0 aromatic heterocycles. The molecule has 1 amide bonds. The van der Waals surface area contributed by atoms with Gasteiger partial charge in [0.15, 0.2) is 5.11 Å². The maximum absolute atomic E-state index is 12.1. The average molecular weight is 370 g/mol. The van der Waals surface area contributed by atoms with Gasteiger partial charge in [0.2, 0.25) is 0 Å². The van der Waals surface area contributed by atoms with Gasteiger partial charge < -0.3 is 5.32 Å². The minimum atomic E-state index is -0.584. The minimum Gasteiger partial charge on any atom is -0.331 e. The molecule has 0 heterocycles. The molecule has 0 radical (unpaired) electrons. The number of hydrogen-bond acceptors (Lipinski definition) is 4. The predicted molar refractivity (Wildman–Crippen MR) is 93.2 cm³/mol. The number of benzene rings is 2. The Morgan fingerprint density at radius 2 is 1.87 bits per heavy atom. The maximum atomic E-state index is 12.1. The molecule has 0 aliphatic rings. The molecule has 0 aliphatic heterocycles. The number of halogens is 2. The summed E-state index contributed by atoms with van der Waals surface area (Å²) in [5, 5.41) is 16.5. The fraction of sp³-hybridized carbons (Fsp3) is 0. The number of amides is 1. The van der Waals surface area contributed by atoms with Crippen molar-refractivity contribution < 1.29 is 9.72 Å². The highest BCUT2D eigenvalue weighted by Crippen LogP contribution is 2.29. The summed E-state index contributed by atoms with van der Waals surface area (Å²) in [6.45, 7) is 0. The molecule has 118 valence electrons. The van der Waals surface area contributed by atoms with Gasteiger partial charge >= 0.3 is 0 Å². The average Bonchev–Trinajstić information content (AvgIpc) is 2.52. The number of anilines is 1. The third kappa shape index (κ3) is 4.38. The van der Waals surface area contributed by atoms with Crippen molar-refractivity contribution in [1.82, 2.24) is 5.32 Å². The monoisotopic (exact) mass is 369 g/mol. The molecule has 0 fully saturated rings. The van der Waals surface area contributed by atoms with Crippen LogP contribution in [0.25, 0.3) is 0 Å². The van der Waals surface area contributed by atoms with E-state index in [1.807, 2.05) is 0 Å². The van der Waals surface area contributed by atoms with E-state index in [0.29, 0.717) is 10.7 Å². The van der Waals surface area contributed by atoms with Crippen LogP contribution in [0, 0.1) is 10.1 Å². The summed E-state index contributed by atoms with van der Waals surface area (Å²) in [4.78, 5) is 22.2. The van der Waals surface area contributed by atoms with Crippen molar-refractivity contribution in [3.05, 3.63) is 68.2 Å². The van der Waals surface area contributed by atoms with Crippen LogP contribution in [-0.2, 0) is 0 Å². The van der Waals surface area contributed by atoms with Crippen LogP contribution in [0.15, 0.2) is 42.5 Å². The zero-order valence-electron chi connectivity index (χ0n) is 11.4. The SMILES string of the molecule is O=C(NC(=S)Nc1cccc(Cl)c1Cl)c1cccc([N+](=O)[O-])c1. The first-order chi connectivity index (χ1) is 10.9. The van der Waals surface area contributed by atoms with Crippen LogP contribution < -0.4 is 10.6 Å². The number of non-ortho nitro benzene ring substituents is 1. The fourth-order valence-corrected chi connectivity index (χ4v) is 2.24. The first kappa shape index (κ1) is 17.1. The van der Waals surface area contributed by atoms with E-state index in [4.69, 9.17) is 35.4 Å². The van der Waals surface area contributed by atoms with E-state index in [1.165, 1.54) is 18.2 Å². The summed E-state index contributed by atoms with van der Waals surface area (Å²) >= 11 is 16.9. The van der Waals surface area contributed by atoms with Crippen LogP contribution in [0.5, 0.6) is 0 Å². The zero-order chi connectivity index (χ0) is 17.0. The Morgan fingerprint density at radius 1 is 1.17 bits per heavy atom. The molecule has 6 nitrogen and oxygen atoms in total. The molecular formula is C14H9Cl2N3O3S. The summed E-state index contributed by atoms with van der Waals surface area (Å²) in [5.74, 6) is -0.579. The van der Waals surface area contributed by atoms with Crippen LogP contribution in [0.1, 0.15) is 10.4 Å². The molecule has 2 aromatic carbocycles. The second kappa shape index (κ2) is 7.36. The molecule has 0 aliphatic carbocycles. The van der Waals surface area contributed by atoms with E-state index in [-0.39, 0.29) is 21.4 Å². The maximum Gasteiger partial charge on any atom is 0.270 e. The normalized spacial score (nSPS) is 10.0. The van der Waals surface area contributed by atoms with E-state index >= 15 is 0 Å². The highest BCUT2D eigenvalue weighted by Gasteiger charge is 2.13. The van der Waals surface area contributed by atoms with Crippen LogP contribution in [0.2, 0.25) is 10.0 Å². The Hall–Kier alpha value is -2.22. The smallest absolute Gasteiger partial charge is 0.270 e. The number of nitrogens with one attached hydrogen (secondary N) is 2. The number of carbonyl (C=O) groups is 1. The molecule has 23 heavy (non-hydrogen) atoms. The zero-order valence-corrected chi connectivity index (χ0v) is 13.7. The van der Waals surface area contributed by atoms with Crippen molar-refractivity contribution in [3.8, 4) is 0 Å². The van der Waals surface area contributed by atoms with E-state index in [0.717, 1.165) is 6.07 Å². The van der Waals surface area contributed by atoms with Gasteiger partial charge in [0.05, 0.1) is 20.7 Å². The summed E-state index contributed by atoms with van der Waals surface area (Å²) in [6, 6.07) is 10.2. The molecule has 0 saturated heterocycles. The van der Waals surface area contributed by atoms with Crippen molar-refractivity contribution in [2.75, 3.05) is 5.32 Å². The molecule has 0 bridgehead atoms. The molecule has 0 unspecified atom stereocenters. The van der Waals surface area contributed by atoms with Crippen LogP contribution >= 0.6 is 35.4 Å². The Balaban J connectivity index is 2.08. The Morgan fingerprint density at radius 3 is 2.57 bits per heavy atom. The lowest BCUT2D eigenvalue weighted by molar-refractivity contribution is -0.384. The van der Waals surface area contributed by atoms with Gasteiger partial charge in [0.25, 0.3) is 11.6 Å². The van der Waals surface area contributed by atoms with Gasteiger partial charge in [-0.1, -0.05) is 35.3 Å². The number of nitrogens with zero attached hydrogens (tertiary/aromatic N) is 1. The number of nitro groups is 1. The predicted octanol–water partition coefficient (Wildman–Crippen LogP) is 4.03. The highest BCUT2D eigenvalue weighted by molar-refractivity contribution is 7.80. The van der Waals surface area contributed by atoms with Crippen LogP contribution in [0.4, 0.5) is 11.4 Å². The first-order valence-corrected chi connectivity index (χ1v) is 7.35. The second-order valence-corrected chi connectivity index (χ2v) is 5.51. The van der Waals surface area contributed by atoms with Crippen molar-refractivity contribution in [3.63, 3.8) is 0 Å². The largest absolute Gasteiger partial charge is 0.331 e. The van der Waals surface area contributed by atoms with Gasteiger partial charge in [-0.3, -0.25) is 20.2 Å². The topological polar surface area (TPSA) is 84.3 Å². The molecular weight excluding hydrogens is 361 g/mol. The lowest BCUT2D eigenvalue weighted by Crippen LogP contribution is -2.34. The molecule has 2 aromatic rings. The van der Waals surface area contributed by atoms with E-state index < -0.39 is 10.8 Å². The first-order valence-electron chi connectivity index (χ1n) is 6.19. The molecule has 0 spiro atoms. The number of rotatable bonds is 3. The third-order valence-electron chi connectivity index (χ3n) is 2.75. The summed E-state index contributed by atoms with van der Waals surface area (Å²) in [7, 11) is 0. The van der Waals surface area contributed by atoms with Crippen molar-refractivity contribution in [2.45, 2.75) is 0 Å². The number of nitro benzene ring substituents is 1. The number of hydrogen-bond donors (Lipinski definition) is 2. The van der Waals surface area contributed by atoms with Gasteiger partial charge in [-0.25, -0.2) is 0 Å². The fourth-order valence-electron chi connectivity index (χ4n) is 1.69. The van der Waals surface area contributed by atoms with E-state index in [9.17, 15) is 14.9 Å². The highest BCUT2D eigenvalue weighted by atomic mass is 35.5. The van der Waals surface area contributed by atoms with Crippen molar-refractivity contribution in [1.29, 1.82) is 0 Å². The van der Waals surface area contributed by atoms with Crippen LogP contribution in [-0.4, -0.2) is 15.9 Å². The van der Waals surface area contributed by atoms with Gasteiger partial charge in [-0.05, 0) is 30.4 Å². The summed E-state index contributed by atoms with van der Waals surface area (Å²) in [6.07, 6.45) is 0. The second-order valence-electron chi connectivity index (χ2n) is 4.32. The lowest BCUT2D eigenvalue weighted by atomic mass is 10.2. The van der Waals surface area contributed by atoms with Crippen molar-refractivity contribution >= 4 is 57.8 Å². The Labute approximate surface area is 146 Å². The minimum absolute atomic E-state index is 0.00864. The number of carbonyl (C=O) groups excluding carboxylic acids is 1. The number of thiocarbonyl (C=S) groups is 1. The molecule has 0 saturated carbocycles. The van der Waals surface area contributed by atoms with Gasteiger partial charge in [0, 0.05) is 17.7 Å². The summed E-state index contributed by atoms with van der Waals surface area (Å²) < 4.78 is 0.